The number of nitrogens with one attached hydrogen (secondary N) is 1. The first-order chi connectivity index (χ1) is 11.6. The van der Waals surface area contributed by atoms with Gasteiger partial charge in [-0.3, -0.25) is 4.79 Å². The van der Waals surface area contributed by atoms with Crippen LogP contribution in [0.5, 0.6) is 11.5 Å². The van der Waals surface area contributed by atoms with E-state index in [9.17, 15) is 4.79 Å². The lowest BCUT2D eigenvalue weighted by Crippen LogP contribution is -2.38. The van der Waals surface area contributed by atoms with E-state index in [0.29, 0.717) is 19.1 Å². The van der Waals surface area contributed by atoms with Crippen molar-refractivity contribution in [1.29, 1.82) is 0 Å². The van der Waals surface area contributed by atoms with E-state index < -0.39 is 6.10 Å². The Balaban J connectivity index is 1.78. The van der Waals surface area contributed by atoms with E-state index >= 15 is 0 Å². The van der Waals surface area contributed by atoms with E-state index in [2.05, 4.69) is 19.2 Å². The Morgan fingerprint density at radius 2 is 1.67 bits per heavy atom. The predicted octanol–water partition coefficient (Wildman–Crippen LogP) is 3.77. The minimum absolute atomic E-state index is 0.148. The van der Waals surface area contributed by atoms with Gasteiger partial charge in [0.2, 0.25) is 0 Å². The molecule has 0 aromatic heterocycles. The van der Waals surface area contributed by atoms with Gasteiger partial charge in [0.1, 0.15) is 18.1 Å². The molecule has 1 amide bonds. The molecule has 0 spiro atoms. The van der Waals surface area contributed by atoms with Gasteiger partial charge in [-0.1, -0.05) is 50.2 Å². The molecular weight excluding hydrogens is 302 g/mol. The monoisotopic (exact) mass is 327 g/mol. The Hall–Kier alpha value is -2.49. The van der Waals surface area contributed by atoms with E-state index in [1.165, 1.54) is 0 Å². The Bertz CT molecular complexity index is 640. The molecule has 2 aromatic carbocycles. The summed E-state index contributed by atoms with van der Waals surface area (Å²) in [5, 5.41) is 2.83. The van der Waals surface area contributed by atoms with Crippen LogP contribution in [0.2, 0.25) is 0 Å². The summed E-state index contributed by atoms with van der Waals surface area (Å²) in [4.78, 5) is 12.1. The summed E-state index contributed by atoms with van der Waals surface area (Å²) in [5.41, 5.74) is 1.10. The largest absolute Gasteiger partial charge is 0.492 e. The normalized spacial score (nSPS) is 11.8. The SMILES string of the molecule is CC(C)c1ccccc1O[C@@H](C)C(=O)NCCOc1ccccc1. The van der Waals surface area contributed by atoms with Crippen molar-refractivity contribution in [3.05, 3.63) is 60.2 Å². The fourth-order valence-electron chi connectivity index (χ4n) is 2.31. The van der Waals surface area contributed by atoms with Crippen molar-refractivity contribution in [3.8, 4) is 11.5 Å². The third kappa shape index (κ3) is 5.30. The van der Waals surface area contributed by atoms with E-state index in [4.69, 9.17) is 9.47 Å². The highest BCUT2D eigenvalue weighted by atomic mass is 16.5. The van der Waals surface area contributed by atoms with E-state index in [1.807, 2.05) is 54.6 Å². The molecule has 0 fully saturated rings. The first-order valence-electron chi connectivity index (χ1n) is 8.29. The van der Waals surface area contributed by atoms with Crippen molar-refractivity contribution >= 4 is 5.91 Å². The smallest absolute Gasteiger partial charge is 0.260 e. The maximum atomic E-state index is 12.1. The molecule has 0 saturated carbocycles. The van der Waals surface area contributed by atoms with Crippen LogP contribution in [0.25, 0.3) is 0 Å². The molecule has 128 valence electrons. The van der Waals surface area contributed by atoms with Crippen molar-refractivity contribution < 1.29 is 14.3 Å². The van der Waals surface area contributed by atoms with Crippen LogP contribution in [0.1, 0.15) is 32.3 Å². The van der Waals surface area contributed by atoms with E-state index in [0.717, 1.165) is 17.1 Å². The molecule has 0 saturated heterocycles. The molecule has 0 unspecified atom stereocenters. The topological polar surface area (TPSA) is 47.6 Å². The molecule has 4 nitrogen and oxygen atoms in total. The molecule has 0 radical (unpaired) electrons. The second-order valence-corrected chi connectivity index (χ2v) is 5.91. The summed E-state index contributed by atoms with van der Waals surface area (Å²) in [5.74, 6) is 1.75. The van der Waals surface area contributed by atoms with Crippen LogP contribution in [0.4, 0.5) is 0 Å². The lowest BCUT2D eigenvalue weighted by Gasteiger charge is -2.18. The quantitative estimate of drug-likeness (QED) is 0.751. The minimum Gasteiger partial charge on any atom is -0.492 e. The molecule has 0 aliphatic rings. The zero-order valence-electron chi connectivity index (χ0n) is 14.5. The van der Waals surface area contributed by atoms with Crippen LogP contribution in [-0.4, -0.2) is 25.2 Å². The predicted molar refractivity (Wildman–Crippen MR) is 95.6 cm³/mol. The van der Waals surface area contributed by atoms with Crippen LogP contribution in [-0.2, 0) is 4.79 Å². The average molecular weight is 327 g/mol. The molecular formula is C20H25NO3. The van der Waals surface area contributed by atoms with Crippen molar-refractivity contribution in [2.45, 2.75) is 32.8 Å². The number of rotatable bonds is 8. The number of hydrogen-bond acceptors (Lipinski definition) is 3. The minimum atomic E-state index is -0.554. The molecule has 2 rings (SSSR count). The highest BCUT2D eigenvalue weighted by molar-refractivity contribution is 5.80. The molecule has 0 aliphatic carbocycles. The summed E-state index contributed by atoms with van der Waals surface area (Å²) < 4.78 is 11.4. The number of para-hydroxylation sites is 2. The molecule has 1 N–H and O–H groups in total. The van der Waals surface area contributed by atoms with Crippen molar-refractivity contribution in [1.82, 2.24) is 5.32 Å². The van der Waals surface area contributed by atoms with Gasteiger partial charge in [0.05, 0.1) is 6.54 Å². The second kappa shape index (κ2) is 8.96. The van der Waals surface area contributed by atoms with Crippen LogP contribution in [0.15, 0.2) is 54.6 Å². The highest BCUT2D eigenvalue weighted by Crippen LogP contribution is 2.26. The summed E-state index contributed by atoms with van der Waals surface area (Å²) in [6, 6.07) is 17.4. The number of benzene rings is 2. The average Bonchev–Trinajstić information content (AvgIpc) is 2.59. The number of carbonyl (C=O) groups excluding carboxylic acids is 1. The van der Waals surface area contributed by atoms with Gasteiger partial charge >= 0.3 is 0 Å². The standard InChI is InChI=1S/C20H25NO3/c1-15(2)18-11-7-8-12-19(18)24-16(3)20(22)21-13-14-23-17-9-5-4-6-10-17/h4-12,15-16H,13-14H2,1-3H3,(H,21,22)/t16-/m0/s1. The summed E-state index contributed by atoms with van der Waals surface area (Å²) in [6.45, 7) is 6.82. The van der Waals surface area contributed by atoms with Gasteiger partial charge in [-0.15, -0.1) is 0 Å². The van der Waals surface area contributed by atoms with Gasteiger partial charge < -0.3 is 14.8 Å². The number of ether oxygens (including phenoxy) is 2. The van der Waals surface area contributed by atoms with Crippen molar-refractivity contribution in [2.75, 3.05) is 13.2 Å². The number of hydrogen-bond donors (Lipinski definition) is 1. The number of amides is 1. The van der Waals surface area contributed by atoms with Gasteiger partial charge in [-0.2, -0.15) is 0 Å². The Morgan fingerprint density at radius 3 is 2.38 bits per heavy atom. The van der Waals surface area contributed by atoms with Crippen molar-refractivity contribution in [3.63, 3.8) is 0 Å². The number of carbonyl (C=O) groups is 1. The second-order valence-electron chi connectivity index (χ2n) is 5.91. The molecule has 24 heavy (non-hydrogen) atoms. The molecule has 0 aliphatic heterocycles. The fourth-order valence-corrected chi connectivity index (χ4v) is 2.31. The van der Waals surface area contributed by atoms with Gasteiger partial charge in [-0.25, -0.2) is 0 Å². The first kappa shape index (κ1) is 17.9. The Morgan fingerprint density at radius 1 is 1.00 bits per heavy atom. The summed E-state index contributed by atoms with van der Waals surface area (Å²) >= 11 is 0. The zero-order valence-corrected chi connectivity index (χ0v) is 14.5. The first-order valence-corrected chi connectivity index (χ1v) is 8.29. The zero-order chi connectivity index (χ0) is 17.4. The van der Waals surface area contributed by atoms with Crippen LogP contribution in [0.3, 0.4) is 0 Å². The fraction of sp³-hybridized carbons (Fsp3) is 0.350. The molecule has 4 heteroatoms. The summed E-state index contributed by atoms with van der Waals surface area (Å²) in [7, 11) is 0. The summed E-state index contributed by atoms with van der Waals surface area (Å²) in [6.07, 6.45) is -0.554. The molecule has 2 aromatic rings. The Kier molecular flexibility index (Phi) is 6.67. The highest BCUT2D eigenvalue weighted by Gasteiger charge is 2.16. The molecule has 0 heterocycles. The van der Waals surface area contributed by atoms with Gasteiger partial charge in [0.15, 0.2) is 6.10 Å². The van der Waals surface area contributed by atoms with Gasteiger partial charge in [-0.05, 0) is 36.6 Å². The van der Waals surface area contributed by atoms with Crippen LogP contribution in [0, 0.1) is 0 Å². The third-order valence-corrected chi connectivity index (χ3v) is 3.63. The maximum absolute atomic E-state index is 12.1. The van der Waals surface area contributed by atoms with Gasteiger partial charge in [0.25, 0.3) is 5.91 Å². The Labute approximate surface area is 143 Å². The lowest BCUT2D eigenvalue weighted by molar-refractivity contribution is -0.127. The van der Waals surface area contributed by atoms with E-state index in [-0.39, 0.29) is 5.91 Å². The van der Waals surface area contributed by atoms with Crippen LogP contribution < -0.4 is 14.8 Å². The van der Waals surface area contributed by atoms with Crippen molar-refractivity contribution in [2.24, 2.45) is 0 Å². The van der Waals surface area contributed by atoms with E-state index in [1.54, 1.807) is 6.92 Å². The van der Waals surface area contributed by atoms with Gasteiger partial charge in [0, 0.05) is 0 Å². The third-order valence-electron chi connectivity index (χ3n) is 3.63. The maximum Gasteiger partial charge on any atom is 0.260 e. The molecule has 1 atom stereocenters. The van der Waals surface area contributed by atoms with Crippen LogP contribution >= 0.6 is 0 Å². The molecule has 0 bridgehead atoms. The lowest BCUT2D eigenvalue weighted by atomic mass is 10.0.